The second kappa shape index (κ2) is 8.71. The molecule has 36 heavy (non-hydrogen) atoms. The summed E-state index contributed by atoms with van der Waals surface area (Å²) in [5.74, 6) is -0.212. The first-order valence-electron chi connectivity index (χ1n) is 12.6. The molecule has 4 aromatic rings. The summed E-state index contributed by atoms with van der Waals surface area (Å²) in [6.07, 6.45) is 8.87. The van der Waals surface area contributed by atoms with Crippen molar-refractivity contribution in [2.75, 3.05) is 5.32 Å². The maximum atomic E-state index is 13.3. The van der Waals surface area contributed by atoms with Gasteiger partial charge >= 0.3 is 5.91 Å². The van der Waals surface area contributed by atoms with Gasteiger partial charge in [0.25, 0.3) is 5.69 Å². The van der Waals surface area contributed by atoms with Gasteiger partial charge in [0.1, 0.15) is 0 Å². The number of nitrogens with one attached hydrogen (secondary N) is 1. The summed E-state index contributed by atoms with van der Waals surface area (Å²) in [4.78, 5) is 17.8. The van der Waals surface area contributed by atoms with Gasteiger partial charge in [0.05, 0.1) is 28.5 Å². The number of aromatic nitrogens is 4. The minimum Gasteiger partial charge on any atom is -0.618 e. The smallest absolute Gasteiger partial charge is 0.321 e. The normalized spacial score (nSPS) is 22.0. The molecule has 2 saturated carbocycles. The van der Waals surface area contributed by atoms with Crippen LogP contribution in [0.5, 0.6) is 0 Å². The average molecular weight is 484 g/mol. The summed E-state index contributed by atoms with van der Waals surface area (Å²) in [6, 6.07) is 14.8. The van der Waals surface area contributed by atoms with E-state index in [1.165, 1.54) is 0 Å². The number of anilines is 1. The molecular formula is C28H29N5O3. The van der Waals surface area contributed by atoms with Gasteiger partial charge in [-0.05, 0) is 75.8 Å². The number of aliphatic hydroxyl groups is 1. The molecule has 3 aromatic heterocycles. The Hall–Kier alpha value is -3.78. The van der Waals surface area contributed by atoms with Crippen molar-refractivity contribution < 1.29 is 14.6 Å². The van der Waals surface area contributed by atoms with Crippen molar-refractivity contribution in [2.24, 2.45) is 0 Å². The van der Waals surface area contributed by atoms with E-state index in [0.717, 1.165) is 59.7 Å². The van der Waals surface area contributed by atoms with Crippen LogP contribution in [0, 0.1) is 5.21 Å². The van der Waals surface area contributed by atoms with Crippen LogP contribution in [0.4, 0.5) is 5.69 Å². The third-order valence-corrected chi connectivity index (χ3v) is 7.46. The Kier molecular flexibility index (Phi) is 5.48. The first-order valence-corrected chi connectivity index (χ1v) is 12.6. The lowest BCUT2D eigenvalue weighted by atomic mass is 9.84. The SMILES string of the molecule is CC1(O)CCC(n2cc3cc(NC(=O)c4cccc(C5CC5)[n+]4[O-])c(-c4ccccn4)cc3n2)CC1. The number of nitrogens with zero attached hydrogens (tertiary/aromatic N) is 4. The largest absolute Gasteiger partial charge is 0.618 e. The van der Waals surface area contributed by atoms with E-state index in [1.54, 1.807) is 24.4 Å². The topological polar surface area (TPSA) is 107 Å². The second-order valence-corrected chi connectivity index (χ2v) is 10.4. The number of fused-ring (bicyclic) bond motifs is 1. The van der Waals surface area contributed by atoms with E-state index < -0.39 is 11.5 Å². The molecule has 8 nitrogen and oxygen atoms in total. The zero-order valence-electron chi connectivity index (χ0n) is 20.2. The predicted molar refractivity (Wildman–Crippen MR) is 136 cm³/mol. The third-order valence-electron chi connectivity index (χ3n) is 7.46. The summed E-state index contributed by atoms with van der Waals surface area (Å²) < 4.78 is 2.75. The lowest BCUT2D eigenvalue weighted by Gasteiger charge is -2.33. The fourth-order valence-corrected chi connectivity index (χ4v) is 5.15. The summed E-state index contributed by atoms with van der Waals surface area (Å²) in [6.45, 7) is 1.89. The van der Waals surface area contributed by atoms with Crippen LogP contribution in [0.2, 0.25) is 0 Å². The standard InChI is InChI=1S/C28H29N5O3/c1-28(35)12-10-20(11-13-28)32-17-19-15-24(21(16-23(19)31-32)22-5-2-3-14-29-22)30-27(34)26-7-4-6-25(33(26)36)18-8-9-18/h2-7,14-18,20,35H,8-13H2,1H3,(H,30,34). The van der Waals surface area contributed by atoms with Crippen LogP contribution in [0.25, 0.3) is 22.2 Å². The summed E-state index contributed by atoms with van der Waals surface area (Å²) in [5, 5.41) is 31.9. The Morgan fingerprint density at radius 3 is 2.67 bits per heavy atom. The number of amides is 1. The molecule has 1 amide bonds. The molecule has 2 fully saturated rings. The highest BCUT2D eigenvalue weighted by Crippen LogP contribution is 2.39. The van der Waals surface area contributed by atoms with Gasteiger partial charge in [0, 0.05) is 41.4 Å². The first-order chi connectivity index (χ1) is 17.4. The Morgan fingerprint density at radius 1 is 1.14 bits per heavy atom. The zero-order chi connectivity index (χ0) is 24.9. The molecule has 0 aliphatic heterocycles. The predicted octanol–water partition coefficient (Wildman–Crippen LogP) is 4.73. The number of hydrogen-bond donors (Lipinski definition) is 2. The van der Waals surface area contributed by atoms with Crippen LogP contribution < -0.4 is 10.0 Å². The van der Waals surface area contributed by atoms with Gasteiger partial charge in [-0.25, -0.2) is 0 Å². The Balaban J connectivity index is 1.37. The van der Waals surface area contributed by atoms with Gasteiger partial charge in [0.2, 0.25) is 0 Å². The molecule has 0 atom stereocenters. The monoisotopic (exact) mass is 483 g/mol. The third kappa shape index (κ3) is 4.33. The number of pyridine rings is 2. The molecule has 3 heterocycles. The van der Waals surface area contributed by atoms with Crippen LogP contribution >= 0.6 is 0 Å². The highest BCUT2D eigenvalue weighted by Gasteiger charge is 2.33. The molecule has 0 radical (unpaired) electrons. The van der Waals surface area contributed by atoms with Crippen LogP contribution in [0.15, 0.2) is 60.9 Å². The summed E-state index contributed by atoms with van der Waals surface area (Å²) in [5.41, 5.74) is 2.95. The van der Waals surface area contributed by atoms with E-state index in [0.29, 0.717) is 17.1 Å². The van der Waals surface area contributed by atoms with Crippen LogP contribution in [0.3, 0.4) is 0 Å². The Labute approximate surface area is 209 Å². The molecule has 8 heteroatoms. The van der Waals surface area contributed by atoms with E-state index in [1.807, 2.05) is 48.1 Å². The maximum Gasteiger partial charge on any atom is 0.321 e. The number of rotatable bonds is 5. The van der Waals surface area contributed by atoms with Gasteiger partial charge in [-0.1, -0.05) is 6.07 Å². The fourth-order valence-electron chi connectivity index (χ4n) is 5.15. The molecule has 0 spiro atoms. The van der Waals surface area contributed by atoms with Crippen molar-refractivity contribution in [3.63, 3.8) is 0 Å². The van der Waals surface area contributed by atoms with Crippen LogP contribution in [0.1, 0.15) is 73.6 Å². The molecule has 184 valence electrons. The van der Waals surface area contributed by atoms with E-state index >= 15 is 0 Å². The van der Waals surface area contributed by atoms with Crippen molar-refractivity contribution in [2.45, 2.75) is 63.0 Å². The molecule has 0 saturated heterocycles. The molecule has 2 aliphatic rings. The highest BCUT2D eigenvalue weighted by atomic mass is 16.5. The van der Waals surface area contributed by atoms with Crippen molar-refractivity contribution in [3.05, 3.63) is 77.5 Å². The number of hydrogen-bond acceptors (Lipinski definition) is 5. The quantitative estimate of drug-likeness (QED) is 0.315. The van der Waals surface area contributed by atoms with Crippen LogP contribution in [-0.2, 0) is 0 Å². The van der Waals surface area contributed by atoms with Crippen molar-refractivity contribution in [1.82, 2.24) is 14.8 Å². The fraction of sp³-hybridized carbons (Fsp3) is 0.357. The first kappa shape index (κ1) is 22.7. The van der Waals surface area contributed by atoms with Gasteiger partial charge in [-0.15, -0.1) is 0 Å². The number of benzene rings is 1. The summed E-state index contributed by atoms with van der Waals surface area (Å²) in [7, 11) is 0. The summed E-state index contributed by atoms with van der Waals surface area (Å²) >= 11 is 0. The Bertz CT molecular complexity index is 1430. The molecule has 2 N–H and O–H groups in total. The molecule has 1 aromatic carbocycles. The van der Waals surface area contributed by atoms with Crippen LogP contribution in [-0.4, -0.2) is 31.4 Å². The maximum absolute atomic E-state index is 13.3. The minimum absolute atomic E-state index is 0.0800. The van der Waals surface area contributed by atoms with E-state index in [2.05, 4.69) is 10.3 Å². The highest BCUT2D eigenvalue weighted by molar-refractivity contribution is 6.06. The van der Waals surface area contributed by atoms with Crippen molar-refractivity contribution in [3.8, 4) is 11.3 Å². The van der Waals surface area contributed by atoms with Gasteiger partial charge in [-0.3, -0.25) is 14.5 Å². The minimum atomic E-state index is -0.609. The van der Waals surface area contributed by atoms with Gasteiger partial charge in [-0.2, -0.15) is 9.83 Å². The molecular weight excluding hydrogens is 454 g/mol. The molecule has 0 bridgehead atoms. The van der Waals surface area contributed by atoms with E-state index in [4.69, 9.17) is 5.10 Å². The van der Waals surface area contributed by atoms with E-state index in [9.17, 15) is 15.1 Å². The van der Waals surface area contributed by atoms with Crippen molar-refractivity contribution in [1.29, 1.82) is 0 Å². The average Bonchev–Trinajstić information content (AvgIpc) is 3.63. The number of carbonyl (C=O) groups excluding carboxylic acids is 1. The van der Waals surface area contributed by atoms with Gasteiger partial charge in [0.15, 0.2) is 5.69 Å². The lowest BCUT2D eigenvalue weighted by Crippen LogP contribution is -2.40. The molecule has 6 rings (SSSR count). The zero-order valence-corrected chi connectivity index (χ0v) is 20.2. The van der Waals surface area contributed by atoms with Crippen molar-refractivity contribution >= 4 is 22.5 Å². The Morgan fingerprint density at radius 2 is 1.94 bits per heavy atom. The lowest BCUT2D eigenvalue weighted by molar-refractivity contribution is -0.616. The van der Waals surface area contributed by atoms with E-state index in [-0.39, 0.29) is 17.7 Å². The molecule has 0 unspecified atom stereocenters. The van der Waals surface area contributed by atoms with Gasteiger partial charge < -0.3 is 15.6 Å². The number of carbonyl (C=O) groups is 1. The second-order valence-electron chi connectivity index (χ2n) is 10.4. The molecule has 2 aliphatic carbocycles.